The number of benzene rings is 1. The fourth-order valence-electron chi connectivity index (χ4n) is 4.99. The second-order valence-corrected chi connectivity index (χ2v) is 9.91. The molecule has 0 radical (unpaired) electrons. The quantitative estimate of drug-likeness (QED) is 0.241. The van der Waals surface area contributed by atoms with Gasteiger partial charge in [-0.25, -0.2) is 4.39 Å². The van der Waals surface area contributed by atoms with Gasteiger partial charge in [0.05, 0.1) is 34.6 Å². The number of rotatable bonds is 7. The van der Waals surface area contributed by atoms with Gasteiger partial charge in [0.1, 0.15) is 11.5 Å². The number of halogens is 1. The summed E-state index contributed by atoms with van der Waals surface area (Å²) >= 11 is 0. The average Bonchev–Trinajstić information content (AvgIpc) is 3.51. The zero-order valence-corrected chi connectivity index (χ0v) is 21.8. The molecule has 6 rings (SSSR count). The van der Waals surface area contributed by atoms with E-state index in [9.17, 15) is 4.39 Å². The maximum atomic E-state index is 14.6. The van der Waals surface area contributed by atoms with Crippen LogP contribution in [0.3, 0.4) is 0 Å². The Morgan fingerprint density at radius 1 is 1.05 bits per heavy atom. The van der Waals surface area contributed by atoms with Gasteiger partial charge in [0.15, 0.2) is 0 Å². The molecule has 0 saturated heterocycles. The van der Waals surface area contributed by atoms with Gasteiger partial charge < -0.3 is 10.3 Å². The lowest BCUT2D eigenvalue weighted by Gasteiger charge is -2.28. The number of nitrogens with zero attached hydrogens (tertiary/aromatic N) is 3. The van der Waals surface area contributed by atoms with Crippen molar-refractivity contribution in [1.29, 1.82) is 0 Å². The summed E-state index contributed by atoms with van der Waals surface area (Å²) in [5, 5.41) is 13.8. The fourth-order valence-corrected chi connectivity index (χ4v) is 4.99. The van der Waals surface area contributed by atoms with Crippen LogP contribution in [0.2, 0.25) is 0 Å². The molecule has 4 aromatic heterocycles. The molecule has 3 N–H and O–H groups in total. The molecule has 1 aliphatic rings. The minimum atomic E-state index is -0.288. The molecule has 0 spiro atoms. The lowest BCUT2D eigenvalue weighted by atomic mass is 9.83. The van der Waals surface area contributed by atoms with Crippen molar-refractivity contribution < 1.29 is 4.39 Å². The maximum absolute atomic E-state index is 14.6. The predicted molar refractivity (Wildman–Crippen MR) is 156 cm³/mol. The summed E-state index contributed by atoms with van der Waals surface area (Å²) in [5.74, 6) is 0.245. The Bertz CT molecular complexity index is 1840. The highest BCUT2D eigenvalue weighted by Crippen LogP contribution is 2.33. The van der Waals surface area contributed by atoms with Crippen LogP contribution >= 0.6 is 0 Å². The van der Waals surface area contributed by atoms with E-state index in [0.717, 1.165) is 60.9 Å². The highest BCUT2D eigenvalue weighted by Gasteiger charge is 2.20. The third kappa shape index (κ3) is 4.68. The second-order valence-electron chi connectivity index (χ2n) is 9.91. The van der Waals surface area contributed by atoms with E-state index >= 15 is 0 Å². The number of anilines is 1. The Morgan fingerprint density at radius 3 is 2.64 bits per heavy atom. The first-order chi connectivity index (χ1) is 19.0. The highest BCUT2D eigenvalue weighted by molar-refractivity contribution is 5.97. The number of hydrogen-bond acceptors (Lipinski definition) is 4. The van der Waals surface area contributed by atoms with Crippen molar-refractivity contribution in [2.45, 2.75) is 26.2 Å². The largest absolute Gasteiger partial charge is 0.358 e. The molecule has 6 nitrogen and oxygen atoms in total. The Labute approximate surface area is 225 Å². The van der Waals surface area contributed by atoms with Crippen molar-refractivity contribution in [3.05, 3.63) is 102 Å². The van der Waals surface area contributed by atoms with Gasteiger partial charge in [-0.15, -0.1) is 0 Å². The summed E-state index contributed by atoms with van der Waals surface area (Å²) in [6.45, 7) is 10.5. The van der Waals surface area contributed by atoms with Crippen molar-refractivity contribution in [2.24, 2.45) is 5.92 Å². The number of hydrogen-bond donors (Lipinski definition) is 3. The molecule has 1 fully saturated rings. The summed E-state index contributed by atoms with van der Waals surface area (Å²) < 4.78 is 14.6. The van der Waals surface area contributed by atoms with Gasteiger partial charge >= 0.3 is 0 Å². The van der Waals surface area contributed by atoms with E-state index in [-0.39, 0.29) is 5.82 Å². The van der Waals surface area contributed by atoms with Crippen LogP contribution < -0.4 is 15.9 Å². The van der Waals surface area contributed by atoms with E-state index in [0.29, 0.717) is 11.5 Å². The maximum Gasteiger partial charge on any atom is 0.131 e. The van der Waals surface area contributed by atoms with Crippen molar-refractivity contribution in [3.63, 3.8) is 0 Å². The fraction of sp³-hybridized carbons (Fsp3) is 0.156. The third-order valence-electron chi connectivity index (χ3n) is 7.42. The average molecular weight is 517 g/mol. The van der Waals surface area contributed by atoms with E-state index in [2.05, 4.69) is 43.6 Å². The first-order valence-corrected chi connectivity index (χ1v) is 13.1. The van der Waals surface area contributed by atoms with Crippen LogP contribution in [-0.4, -0.2) is 25.1 Å². The Morgan fingerprint density at radius 2 is 1.87 bits per heavy atom. The summed E-state index contributed by atoms with van der Waals surface area (Å²) in [6.07, 6.45) is 14.7. The zero-order valence-electron chi connectivity index (χ0n) is 21.8. The molecule has 0 atom stereocenters. The molecule has 0 unspecified atom stereocenters. The summed E-state index contributed by atoms with van der Waals surface area (Å²) in [7, 11) is 0. The van der Waals surface area contributed by atoms with Crippen molar-refractivity contribution in [2.75, 3.05) is 5.32 Å². The first-order valence-electron chi connectivity index (χ1n) is 13.1. The van der Waals surface area contributed by atoms with E-state index < -0.39 is 0 Å². The molecule has 1 saturated carbocycles. The molecule has 4 heterocycles. The lowest BCUT2D eigenvalue weighted by Crippen LogP contribution is -2.23. The summed E-state index contributed by atoms with van der Waals surface area (Å²) in [5.41, 5.74) is 7.20. The number of H-pyrrole nitrogens is 2. The minimum absolute atomic E-state index is 0.288. The van der Waals surface area contributed by atoms with Gasteiger partial charge in [-0.1, -0.05) is 43.9 Å². The number of allylic oxidation sites excluding steroid dienone is 2. The van der Waals surface area contributed by atoms with Crippen LogP contribution in [0, 0.1) is 11.7 Å². The number of aromatic amines is 2. The smallest absolute Gasteiger partial charge is 0.131 e. The molecular weight excluding hydrogens is 487 g/mol. The molecule has 194 valence electrons. The minimum Gasteiger partial charge on any atom is -0.358 e. The standard InChI is InChI=1S/C32H29FN6/c1-4-29-26(12-19(2)22-13-23(16-34-15-22)36-20(3)21-8-7-9-21)32(39-38-29)30-14-25-27(17-35-18-31(25)37-30)24-10-5-6-11-28(24)33/h4-6,10-18,21,36-38H,2-3,7-9H2,1H3/b26-12+,29-4+. The van der Waals surface area contributed by atoms with Crippen molar-refractivity contribution in [3.8, 4) is 22.5 Å². The topological polar surface area (TPSA) is 82.3 Å². The number of nitrogens with one attached hydrogen (secondary N) is 3. The van der Waals surface area contributed by atoms with Crippen LogP contribution in [0.1, 0.15) is 31.7 Å². The van der Waals surface area contributed by atoms with Crippen LogP contribution in [0.25, 0.3) is 51.1 Å². The van der Waals surface area contributed by atoms with Crippen LogP contribution in [0.4, 0.5) is 10.1 Å². The van der Waals surface area contributed by atoms with E-state index in [4.69, 9.17) is 0 Å². The zero-order chi connectivity index (χ0) is 26.9. The van der Waals surface area contributed by atoms with E-state index in [1.807, 2.05) is 37.3 Å². The normalized spacial score (nSPS) is 14.5. The van der Waals surface area contributed by atoms with Gasteiger partial charge in [-0.05, 0) is 55.5 Å². The molecule has 5 aromatic rings. The molecule has 39 heavy (non-hydrogen) atoms. The van der Waals surface area contributed by atoms with Gasteiger partial charge in [0, 0.05) is 45.4 Å². The number of pyridine rings is 2. The van der Waals surface area contributed by atoms with Crippen LogP contribution in [0.5, 0.6) is 0 Å². The second kappa shape index (κ2) is 10.2. The van der Waals surface area contributed by atoms with Gasteiger partial charge in [-0.2, -0.15) is 5.10 Å². The van der Waals surface area contributed by atoms with Gasteiger partial charge in [0.25, 0.3) is 0 Å². The summed E-state index contributed by atoms with van der Waals surface area (Å²) in [6, 6.07) is 10.8. The molecule has 1 aliphatic carbocycles. The molecular formula is C32H29FN6. The Kier molecular flexibility index (Phi) is 6.40. The summed E-state index contributed by atoms with van der Waals surface area (Å²) in [4.78, 5) is 12.2. The lowest BCUT2D eigenvalue weighted by molar-refractivity contribution is 0.371. The first kappa shape index (κ1) is 24.6. The van der Waals surface area contributed by atoms with Gasteiger partial charge in [0.2, 0.25) is 0 Å². The predicted octanol–water partition coefficient (Wildman–Crippen LogP) is 6.17. The monoisotopic (exact) mass is 516 g/mol. The molecule has 0 amide bonds. The molecule has 1 aromatic carbocycles. The van der Waals surface area contributed by atoms with Crippen LogP contribution in [0.15, 0.2) is 80.0 Å². The molecule has 0 aliphatic heterocycles. The molecule has 0 bridgehead atoms. The number of aromatic nitrogens is 5. The van der Waals surface area contributed by atoms with Crippen molar-refractivity contribution in [1.82, 2.24) is 25.1 Å². The highest BCUT2D eigenvalue weighted by atomic mass is 19.1. The third-order valence-corrected chi connectivity index (χ3v) is 7.42. The molecule has 7 heteroatoms. The Balaban J connectivity index is 1.38. The SMILES string of the molecule is C=C(/C=c1/c(-c2cc3c(-c4ccccc4F)cncc3[nH]2)n[nH]/c1=C/C)c1cncc(NC(=C)C2CCC2)c1. The Hall–Kier alpha value is -4.78. The van der Waals surface area contributed by atoms with Crippen LogP contribution in [-0.2, 0) is 0 Å². The van der Waals surface area contributed by atoms with Gasteiger partial charge in [-0.3, -0.25) is 15.1 Å². The van der Waals surface area contributed by atoms with Crippen molar-refractivity contribution >= 4 is 34.3 Å². The van der Waals surface area contributed by atoms with E-state index in [1.165, 1.54) is 25.3 Å². The number of fused-ring (bicyclic) bond motifs is 1. The van der Waals surface area contributed by atoms with E-state index in [1.54, 1.807) is 36.9 Å².